The third-order valence-electron chi connectivity index (χ3n) is 4.12. The molecule has 1 aromatic carbocycles. The van der Waals surface area contributed by atoms with Gasteiger partial charge in [-0.1, -0.05) is 26.8 Å². The lowest BCUT2D eigenvalue weighted by Crippen LogP contribution is -2.23. The van der Waals surface area contributed by atoms with Crippen molar-refractivity contribution in [3.63, 3.8) is 0 Å². The van der Waals surface area contributed by atoms with Crippen LogP contribution in [0.5, 0.6) is 0 Å². The van der Waals surface area contributed by atoms with E-state index in [0.29, 0.717) is 6.04 Å². The van der Waals surface area contributed by atoms with Crippen LogP contribution in [0.4, 0.5) is 5.82 Å². The summed E-state index contributed by atoms with van der Waals surface area (Å²) in [6, 6.07) is 8.85. The largest absolute Gasteiger partial charge is 0.367 e. The summed E-state index contributed by atoms with van der Waals surface area (Å²) in [4.78, 5) is 4.72. The molecule has 0 amide bonds. The highest BCUT2D eigenvalue weighted by molar-refractivity contribution is 7.70. The van der Waals surface area contributed by atoms with Crippen molar-refractivity contribution in [1.29, 1.82) is 0 Å². The first-order valence-corrected chi connectivity index (χ1v) is 10.5. The maximum Gasteiger partial charge on any atom is 0.126 e. The van der Waals surface area contributed by atoms with E-state index in [9.17, 15) is 4.57 Å². The predicted octanol–water partition coefficient (Wildman–Crippen LogP) is 4.35. The summed E-state index contributed by atoms with van der Waals surface area (Å²) in [5, 5.41) is 5.45. The van der Waals surface area contributed by atoms with Crippen LogP contribution in [0, 0.1) is 0 Å². The van der Waals surface area contributed by atoms with Crippen LogP contribution in [0.1, 0.15) is 39.2 Å². The maximum atomic E-state index is 12.9. The van der Waals surface area contributed by atoms with Crippen LogP contribution in [-0.2, 0) is 9.98 Å². The van der Waals surface area contributed by atoms with Crippen molar-refractivity contribution in [2.45, 2.75) is 45.1 Å². The van der Waals surface area contributed by atoms with E-state index in [2.05, 4.69) is 44.3 Å². The highest BCUT2D eigenvalue weighted by atomic mass is 31.2. The third-order valence-corrected chi connectivity index (χ3v) is 5.68. The fourth-order valence-electron chi connectivity index (χ4n) is 2.89. The molecule has 1 saturated carbocycles. The first-order valence-electron chi connectivity index (χ1n) is 7.92. The number of fused-ring (bicyclic) bond motifs is 1. The van der Waals surface area contributed by atoms with E-state index < -0.39 is 7.14 Å². The molecule has 118 valence electrons. The van der Waals surface area contributed by atoms with Gasteiger partial charge in [-0.25, -0.2) is 4.98 Å². The number of aromatic nitrogens is 1. The van der Waals surface area contributed by atoms with Gasteiger partial charge in [-0.2, -0.15) is 0 Å². The Kier molecular flexibility index (Phi) is 3.60. The van der Waals surface area contributed by atoms with Crippen molar-refractivity contribution in [1.82, 2.24) is 4.98 Å². The molecule has 0 spiro atoms. The van der Waals surface area contributed by atoms with Gasteiger partial charge in [-0.3, -0.25) is 0 Å². The quantitative estimate of drug-likeness (QED) is 0.856. The molecule has 0 radical (unpaired) electrons. The number of nitrogens with one attached hydrogen (secondary N) is 1. The van der Waals surface area contributed by atoms with Gasteiger partial charge in [-0.05, 0) is 55.3 Å². The minimum atomic E-state index is -2.39. The number of hydrogen-bond acceptors (Lipinski definition) is 3. The van der Waals surface area contributed by atoms with Crippen LogP contribution in [0.3, 0.4) is 0 Å². The van der Waals surface area contributed by atoms with Crippen molar-refractivity contribution < 1.29 is 4.57 Å². The highest BCUT2D eigenvalue weighted by Crippen LogP contribution is 2.42. The van der Waals surface area contributed by atoms with Crippen LogP contribution in [-0.4, -0.2) is 24.4 Å². The van der Waals surface area contributed by atoms with E-state index >= 15 is 0 Å². The topological polar surface area (TPSA) is 42.0 Å². The number of benzene rings is 1. The monoisotopic (exact) mass is 316 g/mol. The van der Waals surface area contributed by atoms with Gasteiger partial charge in [0.1, 0.15) is 13.0 Å². The van der Waals surface area contributed by atoms with Gasteiger partial charge in [0, 0.05) is 16.7 Å². The molecule has 1 aromatic heterocycles. The molecule has 3 rings (SSSR count). The van der Waals surface area contributed by atoms with E-state index in [0.717, 1.165) is 27.6 Å². The maximum absolute atomic E-state index is 12.9. The normalized spacial score (nSPS) is 16.0. The smallest absolute Gasteiger partial charge is 0.126 e. The number of nitrogens with zero attached hydrogens (tertiary/aromatic N) is 1. The Hall–Kier alpha value is -1.34. The Bertz CT molecular complexity index is 766. The van der Waals surface area contributed by atoms with Crippen LogP contribution in [0.15, 0.2) is 24.3 Å². The Morgan fingerprint density at radius 3 is 2.36 bits per heavy atom. The fraction of sp³-hybridized carbons (Fsp3) is 0.500. The zero-order chi connectivity index (χ0) is 16.1. The van der Waals surface area contributed by atoms with Crippen LogP contribution < -0.4 is 10.6 Å². The van der Waals surface area contributed by atoms with Crippen LogP contribution in [0.25, 0.3) is 10.9 Å². The Labute approximate surface area is 132 Å². The number of pyridine rings is 1. The highest BCUT2D eigenvalue weighted by Gasteiger charge is 2.27. The van der Waals surface area contributed by atoms with E-state index in [4.69, 9.17) is 4.98 Å². The number of hydrogen-bond donors (Lipinski definition) is 1. The SMILES string of the molecule is CC(C)(C)c1ccc2nc(NC3CC3)ccc2c1P(C)(C)=O. The first-order chi connectivity index (χ1) is 10.2. The summed E-state index contributed by atoms with van der Waals surface area (Å²) in [5.74, 6) is 0.923. The fourth-order valence-corrected chi connectivity index (χ4v) is 4.65. The molecule has 3 nitrogen and oxygen atoms in total. The minimum Gasteiger partial charge on any atom is -0.367 e. The van der Waals surface area contributed by atoms with Crippen molar-refractivity contribution in [2.75, 3.05) is 18.6 Å². The van der Waals surface area contributed by atoms with Gasteiger partial charge in [0.2, 0.25) is 0 Å². The van der Waals surface area contributed by atoms with Crippen LogP contribution in [0.2, 0.25) is 0 Å². The lowest BCUT2D eigenvalue weighted by atomic mass is 9.86. The standard InChI is InChI=1S/C18H25N2OP/c1-18(2,3)14-9-10-15-13(17(14)22(4,5)21)8-11-16(20-15)19-12-6-7-12/h8-12H,6-7H2,1-5H3,(H,19,20). The number of anilines is 1. The molecule has 0 saturated heterocycles. The third kappa shape index (κ3) is 3.05. The second-order valence-electron chi connectivity index (χ2n) is 7.74. The van der Waals surface area contributed by atoms with Gasteiger partial charge in [0.15, 0.2) is 0 Å². The Morgan fingerprint density at radius 1 is 1.14 bits per heavy atom. The van der Waals surface area contributed by atoms with E-state index in [1.54, 1.807) is 0 Å². The lowest BCUT2D eigenvalue weighted by Gasteiger charge is -2.26. The molecule has 2 aromatic rings. The van der Waals surface area contributed by atoms with E-state index in [-0.39, 0.29) is 5.41 Å². The molecule has 0 unspecified atom stereocenters. The van der Waals surface area contributed by atoms with E-state index in [1.807, 2.05) is 19.4 Å². The van der Waals surface area contributed by atoms with Gasteiger partial charge in [0.25, 0.3) is 0 Å². The van der Waals surface area contributed by atoms with Crippen molar-refractivity contribution >= 4 is 29.2 Å². The molecule has 0 aliphatic heterocycles. The molecular formula is C18H25N2OP. The minimum absolute atomic E-state index is 0.0316. The molecule has 1 aliphatic rings. The summed E-state index contributed by atoms with van der Waals surface area (Å²) < 4.78 is 12.9. The summed E-state index contributed by atoms with van der Waals surface area (Å²) >= 11 is 0. The van der Waals surface area contributed by atoms with Crippen molar-refractivity contribution in [2.24, 2.45) is 0 Å². The average Bonchev–Trinajstić information content (AvgIpc) is 3.18. The second-order valence-corrected chi connectivity index (χ2v) is 10.9. The number of rotatable bonds is 3. The predicted molar refractivity (Wildman–Crippen MR) is 96.2 cm³/mol. The van der Waals surface area contributed by atoms with Gasteiger partial charge in [-0.15, -0.1) is 0 Å². The summed E-state index contributed by atoms with van der Waals surface area (Å²) in [7, 11) is -2.39. The average molecular weight is 316 g/mol. The molecule has 1 fully saturated rings. The zero-order valence-corrected chi connectivity index (χ0v) is 15.0. The first kappa shape index (κ1) is 15.6. The molecule has 22 heavy (non-hydrogen) atoms. The molecule has 4 heteroatoms. The Morgan fingerprint density at radius 2 is 1.82 bits per heavy atom. The molecular weight excluding hydrogens is 291 g/mol. The molecule has 0 bridgehead atoms. The molecule has 1 N–H and O–H groups in total. The zero-order valence-electron chi connectivity index (χ0n) is 14.1. The van der Waals surface area contributed by atoms with Crippen molar-refractivity contribution in [3.05, 3.63) is 29.8 Å². The summed E-state index contributed by atoms with van der Waals surface area (Å²) in [6.07, 6.45) is 2.46. The van der Waals surface area contributed by atoms with E-state index in [1.165, 1.54) is 12.8 Å². The van der Waals surface area contributed by atoms with Gasteiger partial charge >= 0.3 is 0 Å². The molecule has 1 heterocycles. The van der Waals surface area contributed by atoms with Gasteiger partial charge in [0.05, 0.1) is 5.52 Å². The summed E-state index contributed by atoms with van der Waals surface area (Å²) in [5.41, 5.74) is 2.06. The Balaban J connectivity index is 2.21. The van der Waals surface area contributed by atoms with Crippen LogP contribution >= 0.6 is 7.14 Å². The van der Waals surface area contributed by atoms with Crippen molar-refractivity contribution in [3.8, 4) is 0 Å². The van der Waals surface area contributed by atoms with Gasteiger partial charge < -0.3 is 9.88 Å². The molecule has 1 aliphatic carbocycles. The molecule has 0 atom stereocenters. The second kappa shape index (κ2) is 5.09. The lowest BCUT2D eigenvalue weighted by molar-refractivity contribution is 0.581. The summed E-state index contributed by atoms with van der Waals surface area (Å²) in [6.45, 7) is 10.2.